The van der Waals surface area contributed by atoms with Crippen LogP contribution in [0.25, 0.3) is 0 Å². The number of unbranched alkanes of at least 4 members (excludes halogenated alkanes) is 19. The molecule has 0 aliphatic carbocycles. The number of carbonyl (C=O) groups excluding carboxylic acids is 3. The van der Waals surface area contributed by atoms with Crippen molar-refractivity contribution in [2.45, 2.75) is 168 Å². The van der Waals surface area contributed by atoms with E-state index in [-0.39, 0.29) is 31.1 Å². The maximum absolute atomic E-state index is 12.1. The molecule has 1 atom stereocenters. The Labute approximate surface area is 239 Å². The van der Waals surface area contributed by atoms with E-state index in [1.807, 2.05) is 0 Å². The van der Waals surface area contributed by atoms with E-state index in [1.165, 1.54) is 83.5 Å². The number of aliphatic hydroxyl groups is 1. The highest BCUT2D eigenvalue weighted by atomic mass is 16.6. The van der Waals surface area contributed by atoms with Crippen molar-refractivity contribution in [1.82, 2.24) is 5.32 Å². The fraction of sp³-hybridized carbons (Fsp3) is 0.906. The van der Waals surface area contributed by atoms with Crippen molar-refractivity contribution < 1.29 is 29.0 Å². The van der Waals surface area contributed by atoms with E-state index in [4.69, 9.17) is 9.47 Å². The van der Waals surface area contributed by atoms with Crippen LogP contribution in [0, 0.1) is 0 Å². The van der Waals surface area contributed by atoms with E-state index in [9.17, 15) is 19.5 Å². The molecule has 0 heterocycles. The van der Waals surface area contributed by atoms with E-state index < -0.39 is 6.10 Å². The van der Waals surface area contributed by atoms with Gasteiger partial charge in [0.1, 0.15) is 6.61 Å². The third kappa shape index (κ3) is 29.2. The molecule has 7 nitrogen and oxygen atoms in total. The first-order valence-corrected chi connectivity index (χ1v) is 16.2. The first-order valence-electron chi connectivity index (χ1n) is 16.2. The maximum atomic E-state index is 12.1. The number of ether oxygens (including phenoxy) is 2. The summed E-state index contributed by atoms with van der Waals surface area (Å²) >= 11 is 0. The number of hydrogen-bond acceptors (Lipinski definition) is 6. The van der Waals surface area contributed by atoms with Crippen LogP contribution >= 0.6 is 0 Å². The Morgan fingerprint density at radius 1 is 0.615 bits per heavy atom. The number of amides is 1. The molecule has 0 fully saturated rings. The summed E-state index contributed by atoms with van der Waals surface area (Å²) < 4.78 is 10.5. The summed E-state index contributed by atoms with van der Waals surface area (Å²) in [4.78, 5) is 34.8. The quantitative estimate of drug-likeness (QED) is 0.0729. The first kappa shape index (κ1) is 37.4. The summed E-state index contributed by atoms with van der Waals surface area (Å²) in [5.74, 6) is -0.592. The second kappa shape index (κ2) is 29.4. The van der Waals surface area contributed by atoms with Gasteiger partial charge in [-0.3, -0.25) is 14.4 Å². The van der Waals surface area contributed by atoms with Crippen LogP contribution in [-0.4, -0.2) is 48.8 Å². The van der Waals surface area contributed by atoms with Crippen LogP contribution in [0.1, 0.15) is 162 Å². The van der Waals surface area contributed by atoms with Crippen LogP contribution < -0.4 is 5.32 Å². The average Bonchev–Trinajstić information content (AvgIpc) is 2.92. The van der Waals surface area contributed by atoms with Crippen molar-refractivity contribution >= 4 is 17.8 Å². The summed E-state index contributed by atoms with van der Waals surface area (Å²) in [7, 11) is 0. The van der Waals surface area contributed by atoms with Gasteiger partial charge in [0.05, 0.1) is 6.61 Å². The van der Waals surface area contributed by atoms with Gasteiger partial charge in [0, 0.05) is 26.3 Å². The number of rotatable bonds is 29. The molecule has 0 aromatic rings. The van der Waals surface area contributed by atoms with Crippen LogP contribution in [0.2, 0.25) is 0 Å². The summed E-state index contributed by atoms with van der Waals surface area (Å²) in [6.45, 7) is 4.14. The standard InChI is InChI=1S/C32H61NO6/c1-3-4-5-6-7-8-9-10-12-16-19-22-25-32(37)39-30(27-34)28-38-31(36)24-21-18-15-13-11-14-17-20-23-26-33-29(2)35/h30,34H,3-28H2,1-2H3,(H,33,35)/t30-/m1/s1. The lowest BCUT2D eigenvalue weighted by Crippen LogP contribution is -2.28. The fourth-order valence-electron chi connectivity index (χ4n) is 4.63. The molecule has 0 saturated carbocycles. The molecule has 230 valence electrons. The van der Waals surface area contributed by atoms with Crippen LogP contribution in [-0.2, 0) is 23.9 Å². The van der Waals surface area contributed by atoms with Crippen LogP contribution in [0.3, 0.4) is 0 Å². The fourth-order valence-corrected chi connectivity index (χ4v) is 4.63. The van der Waals surface area contributed by atoms with Gasteiger partial charge in [-0.25, -0.2) is 0 Å². The summed E-state index contributed by atoms with van der Waals surface area (Å²) in [6.07, 6.45) is 24.7. The molecule has 0 aromatic heterocycles. The van der Waals surface area contributed by atoms with Gasteiger partial charge >= 0.3 is 11.9 Å². The van der Waals surface area contributed by atoms with Crippen molar-refractivity contribution in [3.63, 3.8) is 0 Å². The second-order valence-corrected chi connectivity index (χ2v) is 11.0. The number of hydrogen-bond donors (Lipinski definition) is 2. The summed E-state index contributed by atoms with van der Waals surface area (Å²) in [6, 6.07) is 0. The van der Waals surface area contributed by atoms with Gasteiger partial charge in [0.25, 0.3) is 0 Å². The molecule has 0 bridgehead atoms. The monoisotopic (exact) mass is 555 g/mol. The number of carbonyl (C=O) groups is 3. The van der Waals surface area contributed by atoms with Crippen molar-refractivity contribution in [2.75, 3.05) is 19.8 Å². The third-order valence-corrected chi connectivity index (χ3v) is 7.10. The van der Waals surface area contributed by atoms with Crippen molar-refractivity contribution in [3.05, 3.63) is 0 Å². The van der Waals surface area contributed by atoms with E-state index >= 15 is 0 Å². The highest BCUT2D eigenvalue weighted by Crippen LogP contribution is 2.13. The van der Waals surface area contributed by atoms with Gasteiger partial charge in [0.15, 0.2) is 6.10 Å². The van der Waals surface area contributed by atoms with Crippen molar-refractivity contribution in [2.24, 2.45) is 0 Å². The van der Waals surface area contributed by atoms with Crippen LogP contribution in [0.15, 0.2) is 0 Å². The molecule has 39 heavy (non-hydrogen) atoms. The topological polar surface area (TPSA) is 102 Å². The molecule has 0 aliphatic heterocycles. The van der Waals surface area contributed by atoms with Gasteiger partial charge in [-0.1, -0.05) is 122 Å². The zero-order valence-corrected chi connectivity index (χ0v) is 25.5. The lowest BCUT2D eigenvalue weighted by atomic mass is 10.0. The van der Waals surface area contributed by atoms with E-state index in [0.29, 0.717) is 12.8 Å². The highest BCUT2D eigenvalue weighted by Gasteiger charge is 2.16. The van der Waals surface area contributed by atoms with Gasteiger partial charge in [-0.2, -0.15) is 0 Å². The van der Waals surface area contributed by atoms with Crippen molar-refractivity contribution in [3.8, 4) is 0 Å². The van der Waals surface area contributed by atoms with Crippen LogP contribution in [0.5, 0.6) is 0 Å². The zero-order valence-electron chi connectivity index (χ0n) is 25.5. The molecule has 7 heteroatoms. The Morgan fingerprint density at radius 2 is 1.03 bits per heavy atom. The molecule has 0 aromatic carbocycles. The molecule has 0 unspecified atom stereocenters. The van der Waals surface area contributed by atoms with Crippen LogP contribution in [0.4, 0.5) is 0 Å². The predicted octanol–water partition coefficient (Wildman–Crippen LogP) is 7.56. The Hall–Kier alpha value is -1.63. The minimum atomic E-state index is -0.781. The van der Waals surface area contributed by atoms with Gasteiger partial charge in [-0.15, -0.1) is 0 Å². The van der Waals surface area contributed by atoms with Gasteiger partial charge in [0.2, 0.25) is 5.91 Å². The molecule has 2 N–H and O–H groups in total. The molecule has 0 aliphatic rings. The minimum absolute atomic E-state index is 0.0377. The second-order valence-electron chi connectivity index (χ2n) is 11.0. The Kier molecular flexibility index (Phi) is 28.1. The van der Waals surface area contributed by atoms with Gasteiger partial charge in [-0.05, 0) is 19.3 Å². The smallest absolute Gasteiger partial charge is 0.306 e. The van der Waals surface area contributed by atoms with E-state index in [0.717, 1.165) is 57.9 Å². The molecular formula is C32H61NO6. The van der Waals surface area contributed by atoms with Crippen molar-refractivity contribution in [1.29, 1.82) is 0 Å². The first-order chi connectivity index (χ1) is 19.0. The minimum Gasteiger partial charge on any atom is -0.462 e. The Morgan fingerprint density at radius 3 is 1.46 bits per heavy atom. The molecule has 1 amide bonds. The normalized spacial score (nSPS) is 11.8. The highest BCUT2D eigenvalue weighted by molar-refractivity contribution is 5.72. The number of esters is 2. The lowest BCUT2D eigenvalue weighted by molar-refractivity contribution is -0.161. The third-order valence-electron chi connectivity index (χ3n) is 7.10. The summed E-state index contributed by atoms with van der Waals surface area (Å²) in [5, 5.41) is 12.3. The largest absolute Gasteiger partial charge is 0.462 e. The molecule has 0 rings (SSSR count). The molecule has 0 saturated heterocycles. The SMILES string of the molecule is CCCCCCCCCCCCCCC(=O)O[C@H](CO)COC(=O)CCCCCCCCCCCNC(C)=O. The van der Waals surface area contributed by atoms with E-state index in [2.05, 4.69) is 12.2 Å². The average molecular weight is 556 g/mol. The molecular weight excluding hydrogens is 494 g/mol. The van der Waals surface area contributed by atoms with Gasteiger partial charge < -0.3 is 19.9 Å². The molecule has 0 spiro atoms. The Bertz CT molecular complexity index is 583. The van der Waals surface area contributed by atoms with E-state index in [1.54, 1.807) is 6.92 Å². The molecule has 0 radical (unpaired) electrons. The predicted molar refractivity (Wildman–Crippen MR) is 158 cm³/mol. The maximum Gasteiger partial charge on any atom is 0.306 e. The summed E-state index contributed by atoms with van der Waals surface area (Å²) in [5.41, 5.74) is 0. The zero-order chi connectivity index (χ0) is 28.8. The number of nitrogens with one attached hydrogen (secondary N) is 1. The lowest BCUT2D eigenvalue weighted by Gasteiger charge is -2.15. The number of aliphatic hydroxyl groups excluding tert-OH is 1. The Balaban J connectivity index is 3.55.